The summed E-state index contributed by atoms with van der Waals surface area (Å²) in [6.07, 6.45) is 3.05. The van der Waals surface area contributed by atoms with Crippen molar-refractivity contribution in [1.82, 2.24) is 25.4 Å². The van der Waals surface area contributed by atoms with Crippen molar-refractivity contribution < 1.29 is 14.3 Å². The molecule has 12 heteroatoms. The number of pyridine rings is 3. The summed E-state index contributed by atoms with van der Waals surface area (Å²) in [6.45, 7) is 0. The Hall–Kier alpha value is -4.42. The second-order valence-electron chi connectivity index (χ2n) is 6.61. The number of primary amides is 1. The van der Waals surface area contributed by atoms with Crippen LogP contribution < -0.4 is 27.1 Å². The molecule has 0 aliphatic rings. The third kappa shape index (κ3) is 4.76. The van der Waals surface area contributed by atoms with Crippen molar-refractivity contribution in [2.45, 2.75) is 0 Å². The zero-order chi connectivity index (χ0) is 23.4. The predicted molar refractivity (Wildman–Crippen MR) is 123 cm³/mol. The van der Waals surface area contributed by atoms with Crippen molar-refractivity contribution >= 4 is 29.1 Å². The van der Waals surface area contributed by atoms with E-state index in [0.717, 1.165) is 0 Å². The van der Waals surface area contributed by atoms with E-state index in [1.54, 1.807) is 37.6 Å². The molecule has 0 aliphatic carbocycles. The van der Waals surface area contributed by atoms with Crippen LogP contribution in [0.25, 0.3) is 33.1 Å². The molecule has 0 saturated carbocycles. The Kier molecular flexibility index (Phi) is 6.20. The lowest BCUT2D eigenvalue weighted by molar-refractivity contribution is 0.0948. The van der Waals surface area contributed by atoms with Crippen molar-refractivity contribution in [2.75, 3.05) is 12.4 Å². The van der Waals surface area contributed by atoms with E-state index in [4.69, 9.17) is 21.3 Å². The first-order valence-corrected chi connectivity index (χ1v) is 10.4. The molecule has 11 nitrogen and oxygen atoms in total. The number of nitrogens with one attached hydrogen (secondary N) is 2. The highest BCUT2D eigenvalue weighted by atomic mass is 32.1. The minimum absolute atomic E-state index is 0.140. The number of urea groups is 1. The molecule has 3 amide bonds. The number of ether oxygens (including phenoxy) is 1. The maximum atomic E-state index is 11.9. The Labute approximate surface area is 191 Å². The van der Waals surface area contributed by atoms with E-state index in [0.29, 0.717) is 39.0 Å². The second-order valence-corrected chi connectivity index (χ2v) is 7.47. The summed E-state index contributed by atoms with van der Waals surface area (Å²) in [5.74, 6) is 5.43. The van der Waals surface area contributed by atoms with Gasteiger partial charge in [-0.15, -0.1) is 11.3 Å². The highest BCUT2D eigenvalue weighted by molar-refractivity contribution is 7.13. The molecule has 6 N–H and O–H groups in total. The van der Waals surface area contributed by atoms with Crippen molar-refractivity contribution in [2.24, 2.45) is 11.6 Å². The van der Waals surface area contributed by atoms with Crippen molar-refractivity contribution in [1.29, 1.82) is 0 Å². The van der Waals surface area contributed by atoms with Gasteiger partial charge in [-0.2, -0.15) is 0 Å². The Bertz CT molecular complexity index is 1340. The van der Waals surface area contributed by atoms with Crippen LogP contribution in [0.15, 0.2) is 54.2 Å². The normalized spacial score (nSPS) is 10.5. The van der Waals surface area contributed by atoms with Gasteiger partial charge >= 0.3 is 6.03 Å². The van der Waals surface area contributed by atoms with E-state index in [-0.39, 0.29) is 11.5 Å². The molecule has 166 valence electrons. The Morgan fingerprint density at radius 1 is 1.06 bits per heavy atom. The van der Waals surface area contributed by atoms with Crippen LogP contribution in [0.1, 0.15) is 10.5 Å². The van der Waals surface area contributed by atoms with E-state index < -0.39 is 11.9 Å². The highest BCUT2D eigenvalue weighted by Gasteiger charge is 2.17. The van der Waals surface area contributed by atoms with Gasteiger partial charge in [0.15, 0.2) is 0 Å². The smallest absolute Gasteiger partial charge is 0.317 e. The molecule has 4 rings (SSSR count). The molecule has 0 aliphatic heterocycles. The average Bonchev–Trinajstić information content (AvgIpc) is 3.33. The first-order valence-electron chi connectivity index (χ1n) is 9.49. The number of anilines is 1. The van der Waals surface area contributed by atoms with Crippen LogP contribution in [-0.2, 0) is 0 Å². The van der Waals surface area contributed by atoms with Crippen LogP contribution in [0.5, 0.6) is 5.88 Å². The molecular weight excluding hydrogens is 444 g/mol. The largest absolute Gasteiger partial charge is 0.481 e. The number of nitrogens with zero attached hydrogens (tertiary/aromatic N) is 4. The predicted octanol–water partition coefficient (Wildman–Crippen LogP) is 2.43. The van der Waals surface area contributed by atoms with Gasteiger partial charge in [0.05, 0.1) is 12.8 Å². The van der Waals surface area contributed by atoms with Crippen molar-refractivity contribution in [3.63, 3.8) is 0 Å². The molecule has 0 aromatic carbocycles. The number of methoxy groups -OCH3 is 1. The fourth-order valence-corrected chi connectivity index (χ4v) is 3.88. The third-order valence-corrected chi connectivity index (χ3v) is 5.40. The summed E-state index contributed by atoms with van der Waals surface area (Å²) >= 11 is 1.38. The van der Waals surface area contributed by atoms with E-state index >= 15 is 0 Å². The molecule has 0 saturated heterocycles. The molecule has 4 aromatic rings. The van der Waals surface area contributed by atoms with Crippen LogP contribution in [0.4, 0.5) is 10.6 Å². The number of hydrogen-bond acceptors (Lipinski definition) is 9. The lowest BCUT2D eigenvalue weighted by Crippen LogP contribution is -2.30. The van der Waals surface area contributed by atoms with Gasteiger partial charge in [0.1, 0.15) is 22.2 Å². The Morgan fingerprint density at radius 3 is 2.67 bits per heavy atom. The van der Waals surface area contributed by atoms with Gasteiger partial charge in [0.2, 0.25) is 5.88 Å². The standard InChI is InChI=1S/C21H18N8O3S/c1-32-18-4-2-3-14(26-18)16-10-33-20(27-16)12-8-17(28-21(22)31)25-9-13(12)11-5-6-24-15(7-11)19(30)29-23/h2-10H,23H2,1H3,(H,29,30)(H3,22,25,28,31). The van der Waals surface area contributed by atoms with Gasteiger partial charge in [0, 0.05) is 35.0 Å². The number of amides is 3. The number of aromatic nitrogens is 4. The average molecular weight is 462 g/mol. The SMILES string of the molecule is COc1cccc(-c2csc(-c3cc(NC(N)=O)ncc3-c3ccnc(C(=O)NN)c3)n2)n1. The molecule has 4 heterocycles. The zero-order valence-electron chi connectivity index (χ0n) is 17.3. The molecule has 0 atom stereocenters. The molecule has 0 bridgehead atoms. The van der Waals surface area contributed by atoms with Crippen molar-refractivity contribution in [3.05, 3.63) is 59.9 Å². The number of nitrogen functional groups attached to an aromatic ring is 1. The summed E-state index contributed by atoms with van der Waals surface area (Å²) in [6, 6.07) is 9.63. The quantitative estimate of drug-likeness (QED) is 0.192. The van der Waals surface area contributed by atoms with Crippen LogP contribution in [0.2, 0.25) is 0 Å². The maximum absolute atomic E-state index is 11.9. The van der Waals surface area contributed by atoms with E-state index in [9.17, 15) is 9.59 Å². The van der Waals surface area contributed by atoms with Gasteiger partial charge in [-0.25, -0.2) is 25.6 Å². The van der Waals surface area contributed by atoms with E-state index in [1.165, 1.54) is 17.5 Å². The van der Waals surface area contributed by atoms with Crippen LogP contribution in [0.3, 0.4) is 0 Å². The highest BCUT2D eigenvalue weighted by Crippen LogP contribution is 2.36. The minimum Gasteiger partial charge on any atom is -0.481 e. The number of hydrazine groups is 1. The topological polar surface area (TPSA) is 171 Å². The van der Waals surface area contributed by atoms with E-state index in [1.807, 2.05) is 17.5 Å². The fourth-order valence-electron chi connectivity index (χ4n) is 3.04. The molecular formula is C21H18N8O3S. The zero-order valence-corrected chi connectivity index (χ0v) is 18.1. The summed E-state index contributed by atoms with van der Waals surface area (Å²) in [5, 5.41) is 4.97. The van der Waals surface area contributed by atoms with Crippen LogP contribution >= 0.6 is 11.3 Å². The number of thiazole rings is 1. The maximum Gasteiger partial charge on any atom is 0.317 e. The third-order valence-electron chi connectivity index (χ3n) is 4.52. The van der Waals surface area contributed by atoms with Gasteiger partial charge in [-0.1, -0.05) is 6.07 Å². The monoisotopic (exact) mass is 462 g/mol. The molecule has 0 spiro atoms. The Morgan fingerprint density at radius 2 is 1.91 bits per heavy atom. The molecule has 0 unspecified atom stereocenters. The molecule has 4 aromatic heterocycles. The molecule has 0 radical (unpaired) electrons. The second kappa shape index (κ2) is 9.38. The van der Waals surface area contributed by atoms with Gasteiger partial charge in [0.25, 0.3) is 5.91 Å². The summed E-state index contributed by atoms with van der Waals surface area (Å²) in [4.78, 5) is 40.7. The number of carbonyl (C=O) groups is 2. The van der Waals surface area contributed by atoms with Crippen LogP contribution in [-0.4, -0.2) is 39.0 Å². The number of hydrogen-bond donors (Lipinski definition) is 4. The number of carbonyl (C=O) groups excluding carboxylic acids is 2. The van der Waals surface area contributed by atoms with E-state index in [2.05, 4.69) is 25.7 Å². The summed E-state index contributed by atoms with van der Waals surface area (Å²) < 4.78 is 5.19. The summed E-state index contributed by atoms with van der Waals surface area (Å²) in [7, 11) is 1.54. The van der Waals surface area contributed by atoms with Crippen molar-refractivity contribution in [3.8, 4) is 39.0 Å². The minimum atomic E-state index is -0.743. The number of nitrogens with two attached hydrogens (primary N) is 2. The van der Waals surface area contributed by atoms with Gasteiger partial charge < -0.3 is 10.5 Å². The first kappa shape index (κ1) is 21.8. The van der Waals surface area contributed by atoms with Gasteiger partial charge in [-0.05, 0) is 29.8 Å². The summed E-state index contributed by atoms with van der Waals surface area (Å²) in [5.41, 5.74) is 10.7. The lowest BCUT2D eigenvalue weighted by atomic mass is 10.0. The first-order chi connectivity index (χ1) is 16.0. The van der Waals surface area contributed by atoms with Crippen LogP contribution in [0, 0.1) is 0 Å². The fraction of sp³-hybridized carbons (Fsp3) is 0.0476. The lowest BCUT2D eigenvalue weighted by Gasteiger charge is -2.11. The Balaban J connectivity index is 1.82. The number of rotatable bonds is 6. The molecule has 0 fully saturated rings. The van der Waals surface area contributed by atoms with Gasteiger partial charge in [-0.3, -0.25) is 20.5 Å². The molecule has 33 heavy (non-hydrogen) atoms.